The summed E-state index contributed by atoms with van der Waals surface area (Å²) < 4.78 is 13.6. The Morgan fingerprint density at radius 3 is 2.97 bits per heavy atom. The van der Waals surface area contributed by atoms with Gasteiger partial charge in [0.25, 0.3) is 5.91 Å². The molecule has 1 unspecified atom stereocenters. The molecule has 1 aromatic carbocycles. The van der Waals surface area contributed by atoms with Gasteiger partial charge in [-0.3, -0.25) is 4.79 Å². The number of carbonyl (C=O) groups excluding carboxylic acids is 1. The Kier molecular flexibility index (Phi) is 5.38. The van der Waals surface area contributed by atoms with E-state index >= 15 is 0 Å². The first-order chi connectivity index (χ1) is 14.0. The molecule has 29 heavy (non-hydrogen) atoms. The summed E-state index contributed by atoms with van der Waals surface area (Å²) in [4.78, 5) is 28.7. The highest BCUT2D eigenvalue weighted by Gasteiger charge is 2.24. The summed E-state index contributed by atoms with van der Waals surface area (Å²) in [6.07, 6.45) is 8.03. The number of hydrogen-bond donors (Lipinski definition) is 1. The molecule has 0 bridgehead atoms. The number of aryl methyl sites for hydroxylation is 3. The van der Waals surface area contributed by atoms with Crippen LogP contribution in [0.2, 0.25) is 0 Å². The van der Waals surface area contributed by atoms with E-state index in [0.29, 0.717) is 17.9 Å². The van der Waals surface area contributed by atoms with Crippen LogP contribution in [0.1, 0.15) is 36.5 Å². The second-order valence-electron chi connectivity index (χ2n) is 7.54. The zero-order chi connectivity index (χ0) is 20.4. The Bertz CT molecular complexity index is 1090. The highest BCUT2D eigenvalue weighted by molar-refractivity contribution is 5.89. The summed E-state index contributed by atoms with van der Waals surface area (Å²) in [5.74, 6) is 0.433. The zero-order valence-corrected chi connectivity index (χ0v) is 16.7. The van der Waals surface area contributed by atoms with Gasteiger partial charge in [0.1, 0.15) is 11.3 Å². The highest BCUT2D eigenvalue weighted by Crippen LogP contribution is 2.35. The molecule has 1 aliphatic carbocycles. The van der Waals surface area contributed by atoms with Crippen molar-refractivity contribution in [3.8, 4) is 5.75 Å². The van der Waals surface area contributed by atoms with Crippen LogP contribution in [0.4, 0.5) is 0 Å². The summed E-state index contributed by atoms with van der Waals surface area (Å²) in [7, 11) is 0. The molecule has 0 spiro atoms. The van der Waals surface area contributed by atoms with E-state index in [9.17, 15) is 9.59 Å². The molecular formula is C22H25N3O4. The minimum Gasteiger partial charge on any atom is -0.480 e. The number of nitrogens with one attached hydrogen (secondary N) is 1. The largest absolute Gasteiger partial charge is 0.480 e. The lowest BCUT2D eigenvalue weighted by Gasteiger charge is -2.18. The number of benzene rings is 1. The number of ether oxygens (including phenoxy) is 1. The molecular weight excluding hydrogens is 370 g/mol. The average Bonchev–Trinajstić information content (AvgIpc) is 3.36. The van der Waals surface area contributed by atoms with Gasteiger partial charge in [0.2, 0.25) is 0 Å². The number of hydrogen-bond acceptors (Lipinski definition) is 5. The van der Waals surface area contributed by atoms with E-state index in [2.05, 4.69) is 10.3 Å². The number of imidazole rings is 1. The molecule has 1 atom stereocenters. The number of fused-ring (bicyclic) bond motifs is 3. The topological polar surface area (TPSA) is 86.4 Å². The van der Waals surface area contributed by atoms with Gasteiger partial charge in [0.15, 0.2) is 6.10 Å². The van der Waals surface area contributed by atoms with Gasteiger partial charge in [-0.25, -0.2) is 9.78 Å². The van der Waals surface area contributed by atoms with Gasteiger partial charge in [-0.2, -0.15) is 0 Å². The molecule has 152 valence electrons. The maximum absolute atomic E-state index is 12.5. The summed E-state index contributed by atoms with van der Waals surface area (Å²) in [6.45, 7) is 5.01. The quantitative estimate of drug-likeness (QED) is 0.491. The van der Waals surface area contributed by atoms with E-state index in [1.807, 2.05) is 29.8 Å². The van der Waals surface area contributed by atoms with Gasteiger partial charge in [-0.1, -0.05) is 0 Å². The number of aromatic nitrogens is 2. The van der Waals surface area contributed by atoms with Crippen molar-refractivity contribution in [3.05, 3.63) is 58.0 Å². The van der Waals surface area contributed by atoms with Crippen LogP contribution in [-0.4, -0.2) is 28.1 Å². The van der Waals surface area contributed by atoms with Crippen LogP contribution in [0.25, 0.3) is 11.0 Å². The third-order valence-corrected chi connectivity index (χ3v) is 5.30. The predicted molar refractivity (Wildman–Crippen MR) is 109 cm³/mol. The highest BCUT2D eigenvalue weighted by atomic mass is 16.5. The molecule has 0 saturated carbocycles. The Hall–Kier alpha value is -3.09. The molecule has 2 heterocycles. The summed E-state index contributed by atoms with van der Waals surface area (Å²) >= 11 is 0. The van der Waals surface area contributed by atoms with Crippen LogP contribution >= 0.6 is 0 Å². The Morgan fingerprint density at radius 2 is 2.17 bits per heavy atom. The standard InChI is InChI=1S/C22H25N3O4/c1-14-11-18(20-16-5-3-6-17(16)22(27)29-19(20)12-14)28-15(2)21(26)24-7-4-9-25-10-8-23-13-25/h8,10-13,15H,3-7,9H2,1-2H3,(H,24,26). The maximum atomic E-state index is 12.5. The molecule has 1 N–H and O–H groups in total. The lowest BCUT2D eigenvalue weighted by atomic mass is 10.0. The van der Waals surface area contributed by atoms with E-state index in [4.69, 9.17) is 9.15 Å². The molecule has 0 aliphatic heterocycles. The minimum atomic E-state index is -0.655. The molecule has 4 rings (SSSR count). The predicted octanol–water partition coefficient (Wildman–Crippen LogP) is 2.76. The second kappa shape index (κ2) is 8.11. The van der Waals surface area contributed by atoms with E-state index in [1.54, 1.807) is 19.4 Å². The minimum absolute atomic E-state index is 0.167. The average molecular weight is 395 g/mol. The van der Waals surface area contributed by atoms with Crippen molar-refractivity contribution in [1.29, 1.82) is 0 Å². The van der Waals surface area contributed by atoms with Crippen LogP contribution in [0.3, 0.4) is 0 Å². The summed E-state index contributed by atoms with van der Waals surface area (Å²) in [5.41, 5.74) is 2.92. The van der Waals surface area contributed by atoms with E-state index in [0.717, 1.165) is 54.3 Å². The van der Waals surface area contributed by atoms with Crippen molar-refractivity contribution in [2.24, 2.45) is 0 Å². The lowest BCUT2D eigenvalue weighted by Crippen LogP contribution is -2.37. The third kappa shape index (κ3) is 4.04. The lowest BCUT2D eigenvalue weighted by molar-refractivity contribution is -0.127. The first kappa shape index (κ1) is 19.2. The number of amides is 1. The van der Waals surface area contributed by atoms with Gasteiger partial charge < -0.3 is 19.0 Å². The first-order valence-corrected chi connectivity index (χ1v) is 10.0. The van der Waals surface area contributed by atoms with Gasteiger partial charge in [0, 0.05) is 31.0 Å². The molecule has 1 aliphatic rings. The number of rotatable bonds is 7. The Morgan fingerprint density at radius 1 is 1.34 bits per heavy atom. The van der Waals surface area contributed by atoms with Crippen molar-refractivity contribution in [2.45, 2.75) is 52.2 Å². The molecule has 7 nitrogen and oxygen atoms in total. The number of carbonyl (C=O) groups is 1. The van der Waals surface area contributed by atoms with Crippen molar-refractivity contribution < 1.29 is 13.9 Å². The molecule has 3 aromatic rings. The van der Waals surface area contributed by atoms with E-state index in [1.165, 1.54) is 0 Å². The smallest absolute Gasteiger partial charge is 0.339 e. The van der Waals surface area contributed by atoms with Crippen LogP contribution in [-0.2, 0) is 24.2 Å². The molecule has 0 fully saturated rings. The first-order valence-electron chi connectivity index (χ1n) is 10.0. The van der Waals surface area contributed by atoms with E-state index < -0.39 is 6.10 Å². The maximum Gasteiger partial charge on any atom is 0.339 e. The van der Waals surface area contributed by atoms with Crippen molar-refractivity contribution in [3.63, 3.8) is 0 Å². The third-order valence-electron chi connectivity index (χ3n) is 5.30. The van der Waals surface area contributed by atoms with Crippen molar-refractivity contribution in [1.82, 2.24) is 14.9 Å². The van der Waals surface area contributed by atoms with Gasteiger partial charge in [-0.05, 0) is 62.8 Å². The Labute approximate surface area is 168 Å². The molecule has 1 amide bonds. The van der Waals surface area contributed by atoms with Crippen LogP contribution < -0.4 is 15.7 Å². The molecule has 7 heteroatoms. The fraction of sp³-hybridized carbons (Fsp3) is 0.409. The van der Waals surface area contributed by atoms with Gasteiger partial charge in [-0.15, -0.1) is 0 Å². The fourth-order valence-corrected chi connectivity index (χ4v) is 3.88. The monoisotopic (exact) mass is 395 g/mol. The molecule has 0 radical (unpaired) electrons. The molecule has 2 aromatic heterocycles. The van der Waals surface area contributed by atoms with E-state index in [-0.39, 0.29) is 11.5 Å². The van der Waals surface area contributed by atoms with Crippen LogP contribution in [0.5, 0.6) is 5.75 Å². The van der Waals surface area contributed by atoms with Gasteiger partial charge >= 0.3 is 5.63 Å². The molecule has 0 saturated heterocycles. The Balaban J connectivity index is 1.47. The summed E-state index contributed by atoms with van der Waals surface area (Å²) in [5, 5.41) is 3.74. The SMILES string of the molecule is Cc1cc(OC(C)C(=O)NCCCn2ccnc2)c2c3c(c(=O)oc2c1)CCC3. The fourth-order valence-electron chi connectivity index (χ4n) is 3.88. The van der Waals surface area contributed by atoms with Crippen molar-refractivity contribution in [2.75, 3.05) is 6.54 Å². The summed E-state index contributed by atoms with van der Waals surface area (Å²) in [6, 6.07) is 3.76. The van der Waals surface area contributed by atoms with Crippen molar-refractivity contribution >= 4 is 16.9 Å². The van der Waals surface area contributed by atoms with Gasteiger partial charge in [0.05, 0.1) is 11.7 Å². The van der Waals surface area contributed by atoms with Crippen LogP contribution in [0.15, 0.2) is 40.1 Å². The number of nitrogens with zero attached hydrogens (tertiary/aromatic N) is 2. The zero-order valence-electron chi connectivity index (χ0n) is 16.7. The second-order valence-corrected chi connectivity index (χ2v) is 7.54. The van der Waals surface area contributed by atoms with Crippen LogP contribution in [0, 0.1) is 6.92 Å². The normalized spacial score (nSPS) is 14.0.